The van der Waals surface area contributed by atoms with Gasteiger partial charge in [-0.25, -0.2) is 0 Å². The van der Waals surface area contributed by atoms with E-state index in [0.717, 1.165) is 5.57 Å². The third-order valence-corrected chi connectivity index (χ3v) is 5.20. The molecule has 1 aromatic rings. The van der Waals surface area contributed by atoms with Crippen molar-refractivity contribution in [1.82, 2.24) is 4.90 Å². The van der Waals surface area contributed by atoms with Gasteiger partial charge < -0.3 is 15.4 Å². The molecule has 1 aromatic carbocycles. The van der Waals surface area contributed by atoms with Crippen LogP contribution in [0.2, 0.25) is 0 Å². The second-order valence-electron chi connectivity index (χ2n) is 6.61. The minimum atomic E-state index is -1.73. The first-order valence-electron chi connectivity index (χ1n) is 7.97. The summed E-state index contributed by atoms with van der Waals surface area (Å²) in [6.07, 6.45) is 1.94. The number of fused-ring (bicyclic) bond motifs is 1. The first-order valence-corrected chi connectivity index (χ1v) is 7.97. The molecule has 1 unspecified atom stereocenters. The fraction of sp³-hybridized carbons (Fsp3) is 0.368. The Kier molecular flexibility index (Phi) is 4.05. The Balaban J connectivity index is 2.28. The zero-order valence-corrected chi connectivity index (χ0v) is 13.8. The van der Waals surface area contributed by atoms with E-state index in [-0.39, 0.29) is 17.4 Å². The van der Waals surface area contributed by atoms with Gasteiger partial charge in [-0.3, -0.25) is 0 Å². The van der Waals surface area contributed by atoms with Crippen LogP contribution in [0.5, 0.6) is 5.75 Å². The highest BCUT2D eigenvalue weighted by atomic mass is 16.3. The van der Waals surface area contributed by atoms with Crippen LogP contribution in [0, 0.1) is 56.7 Å². The third kappa shape index (κ3) is 2.38. The number of hydrogen-bond acceptors (Lipinski definition) is 6. The minimum Gasteiger partial charge on any atom is -0.508 e. The van der Waals surface area contributed by atoms with Gasteiger partial charge in [-0.1, -0.05) is 18.2 Å². The first kappa shape index (κ1) is 16.7. The van der Waals surface area contributed by atoms with Crippen LogP contribution in [0.4, 0.5) is 0 Å². The van der Waals surface area contributed by atoms with Gasteiger partial charge in [0.15, 0.2) is 5.41 Å². The van der Waals surface area contributed by atoms with Crippen LogP contribution in [0.25, 0.3) is 0 Å². The molecule has 0 aromatic heterocycles. The van der Waals surface area contributed by atoms with E-state index in [1.165, 1.54) is 6.07 Å². The van der Waals surface area contributed by atoms with Gasteiger partial charge in [-0.05, 0) is 30.3 Å². The highest BCUT2D eigenvalue weighted by molar-refractivity contribution is 6.00. The van der Waals surface area contributed by atoms with Crippen molar-refractivity contribution in [2.24, 2.45) is 17.3 Å². The molecule has 0 radical (unpaired) electrons. The van der Waals surface area contributed by atoms with Gasteiger partial charge >= 0.3 is 0 Å². The molecular weight excluding hydrogens is 314 g/mol. The average Bonchev–Trinajstić information content (AvgIpc) is 2.61. The smallest absolute Gasteiger partial charge is 0.189 e. The molecular formula is C19H17N5O. The van der Waals surface area contributed by atoms with Crippen molar-refractivity contribution in [2.75, 3.05) is 20.1 Å². The fourth-order valence-corrected chi connectivity index (χ4v) is 4.05. The summed E-state index contributed by atoms with van der Waals surface area (Å²) in [5.41, 5.74) is -0.454. The monoisotopic (exact) mass is 331 g/mol. The lowest BCUT2D eigenvalue weighted by Gasteiger charge is -2.47. The van der Waals surface area contributed by atoms with E-state index in [1.54, 1.807) is 18.2 Å². The molecule has 6 nitrogen and oxygen atoms in total. The highest BCUT2D eigenvalue weighted by Gasteiger charge is 2.57. The average molecular weight is 331 g/mol. The number of phenolic OH excluding ortho intramolecular Hbond substituents is 1. The van der Waals surface area contributed by atoms with Crippen LogP contribution >= 0.6 is 0 Å². The number of nitrogens with one attached hydrogen (secondary N) is 1. The molecule has 2 N–H and O–H groups in total. The van der Waals surface area contributed by atoms with Gasteiger partial charge in [0.2, 0.25) is 0 Å². The molecule has 1 fully saturated rings. The molecule has 124 valence electrons. The minimum absolute atomic E-state index is 0.0471. The van der Waals surface area contributed by atoms with Crippen molar-refractivity contribution < 1.29 is 5.11 Å². The van der Waals surface area contributed by atoms with Gasteiger partial charge in [0.25, 0.3) is 0 Å². The third-order valence-electron chi connectivity index (χ3n) is 5.20. The molecule has 1 aliphatic carbocycles. The van der Waals surface area contributed by atoms with Crippen LogP contribution in [0.3, 0.4) is 0 Å². The van der Waals surface area contributed by atoms with Crippen molar-refractivity contribution in [1.29, 1.82) is 21.2 Å². The topological polar surface area (TPSA) is 119 Å². The Labute approximate surface area is 146 Å². The summed E-state index contributed by atoms with van der Waals surface area (Å²) in [6, 6.07) is 12.7. The van der Waals surface area contributed by atoms with E-state index in [0.29, 0.717) is 18.7 Å². The van der Waals surface area contributed by atoms with E-state index in [4.69, 9.17) is 5.41 Å². The summed E-state index contributed by atoms with van der Waals surface area (Å²) >= 11 is 0. The van der Waals surface area contributed by atoms with Crippen molar-refractivity contribution in [3.05, 3.63) is 41.5 Å². The number of likely N-dealkylation sites (N-methyl/N-ethyl adjacent to an activating group) is 1. The van der Waals surface area contributed by atoms with Crippen molar-refractivity contribution >= 4 is 5.71 Å². The molecule has 2 aliphatic rings. The molecule has 0 amide bonds. The van der Waals surface area contributed by atoms with Crippen LogP contribution in [-0.4, -0.2) is 35.9 Å². The van der Waals surface area contributed by atoms with E-state index in [9.17, 15) is 20.9 Å². The Bertz CT molecular complexity index is 868. The lowest BCUT2D eigenvalue weighted by atomic mass is 9.54. The van der Waals surface area contributed by atoms with Crippen molar-refractivity contribution in [2.45, 2.75) is 5.92 Å². The number of benzene rings is 1. The highest BCUT2D eigenvalue weighted by Crippen LogP contribution is 2.53. The Hall–Kier alpha value is -3.14. The van der Waals surface area contributed by atoms with Crippen LogP contribution in [0.1, 0.15) is 11.5 Å². The number of hydrogen-bond donors (Lipinski definition) is 2. The number of phenols is 1. The zero-order chi connectivity index (χ0) is 18.2. The maximum absolute atomic E-state index is 9.87. The van der Waals surface area contributed by atoms with Gasteiger partial charge in [0.05, 0.1) is 23.9 Å². The Morgan fingerprint density at radius 3 is 2.60 bits per heavy atom. The predicted octanol–water partition coefficient (Wildman–Crippen LogP) is 2.17. The number of aromatic hydroxyl groups is 1. The normalized spacial score (nSPS) is 28.0. The molecule has 0 spiro atoms. The van der Waals surface area contributed by atoms with Gasteiger partial charge in [0.1, 0.15) is 11.7 Å². The number of nitrogens with zero attached hydrogens (tertiary/aromatic N) is 4. The standard InChI is InChI=1S/C19H17N5O/c1-24-6-5-14-15(8-20)18(23)19(10-21,11-22)17(16(14)9-24)12-3-2-4-13(25)7-12/h2-5,7,15-17,23,25H,6,9H2,1H3/t15?,16-,17+/m0/s1. The first-order chi connectivity index (χ1) is 12.0. The molecule has 0 saturated heterocycles. The maximum Gasteiger partial charge on any atom is 0.189 e. The second-order valence-corrected chi connectivity index (χ2v) is 6.61. The van der Waals surface area contributed by atoms with E-state index >= 15 is 0 Å². The Morgan fingerprint density at radius 2 is 2.00 bits per heavy atom. The summed E-state index contributed by atoms with van der Waals surface area (Å²) in [5.74, 6) is -1.66. The fourth-order valence-electron chi connectivity index (χ4n) is 4.05. The van der Waals surface area contributed by atoms with Crippen molar-refractivity contribution in [3.8, 4) is 24.0 Å². The number of rotatable bonds is 1. The quantitative estimate of drug-likeness (QED) is 0.764. The SMILES string of the molecule is CN1CC=C2C(C#N)C(=N)C(C#N)(C#N)[C@H](c3cccc(O)c3)[C@H]2C1. The van der Waals surface area contributed by atoms with Crippen molar-refractivity contribution in [3.63, 3.8) is 0 Å². The van der Waals surface area contributed by atoms with E-state index < -0.39 is 17.3 Å². The van der Waals surface area contributed by atoms with E-state index in [2.05, 4.69) is 11.0 Å². The molecule has 1 heterocycles. The summed E-state index contributed by atoms with van der Waals surface area (Å²) in [4.78, 5) is 2.06. The zero-order valence-electron chi connectivity index (χ0n) is 13.8. The molecule has 1 aliphatic heterocycles. The second kappa shape index (κ2) is 6.06. The number of nitriles is 3. The molecule has 3 rings (SSSR count). The Morgan fingerprint density at radius 1 is 1.28 bits per heavy atom. The van der Waals surface area contributed by atoms with Crippen LogP contribution < -0.4 is 0 Å². The summed E-state index contributed by atoms with van der Waals surface area (Å²) in [7, 11) is 1.94. The summed E-state index contributed by atoms with van der Waals surface area (Å²) < 4.78 is 0. The lowest BCUT2D eigenvalue weighted by Crippen LogP contribution is -2.52. The van der Waals surface area contributed by atoms with E-state index in [1.807, 2.05) is 25.3 Å². The van der Waals surface area contributed by atoms with Gasteiger partial charge in [0, 0.05) is 24.9 Å². The van der Waals surface area contributed by atoms with Crippen LogP contribution in [0.15, 0.2) is 35.9 Å². The predicted molar refractivity (Wildman–Crippen MR) is 90.4 cm³/mol. The lowest BCUT2D eigenvalue weighted by molar-refractivity contribution is 0.235. The van der Waals surface area contributed by atoms with Crippen LogP contribution in [-0.2, 0) is 0 Å². The van der Waals surface area contributed by atoms with Gasteiger partial charge in [-0.15, -0.1) is 0 Å². The largest absolute Gasteiger partial charge is 0.508 e. The molecule has 25 heavy (non-hydrogen) atoms. The molecule has 6 heteroatoms. The molecule has 3 atom stereocenters. The molecule has 0 bridgehead atoms. The summed E-state index contributed by atoms with van der Waals surface area (Å²) in [6.45, 7) is 1.25. The van der Waals surface area contributed by atoms with Gasteiger partial charge in [-0.2, -0.15) is 15.8 Å². The maximum atomic E-state index is 9.87. The molecule has 1 saturated carbocycles. The summed E-state index contributed by atoms with van der Waals surface area (Å²) in [5, 5.41) is 47.7.